The van der Waals surface area contributed by atoms with Crippen LogP contribution in [-0.4, -0.2) is 34.5 Å². The molecule has 0 aliphatic carbocycles. The van der Waals surface area contributed by atoms with Crippen molar-refractivity contribution in [3.63, 3.8) is 0 Å². The number of halogens is 3. The van der Waals surface area contributed by atoms with E-state index in [4.69, 9.17) is 21.1 Å². The van der Waals surface area contributed by atoms with E-state index in [1.54, 1.807) is 55.8 Å². The van der Waals surface area contributed by atoms with Crippen molar-refractivity contribution in [2.45, 2.75) is 18.2 Å². The summed E-state index contributed by atoms with van der Waals surface area (Å²) in [6, 6.07) is 12.4. The monoisotopic (exact) mass is 438 g/mol. The first kappa shape index (κ1) is 21.1. The number of thioether (sulfide) groups is 1. The summed E-state index contributed by atoms with van der Waals surface area (Å²) in [7, 11) is 1.56. The van der Waals surface area contributed by atoms with Crippen LogP contribution in [0.2, 0.25) is 5.02 Å². The molecule has 0 aliphatic heterocycles. The van der Waals surface area contributed by atoms with Gasteiger partial charge in [0.05, 0.1) is 13.3 Å². The number of alkyl halides is 2. The average molecular weight is 439 g/mol. The number of nitrogens with zero attached hydrogens (tertiary/aromatic N) is 4. The molecule has 0 unspecified atom stereocenters. The van der Waals surface area contributed by atoms with Crippen molar-refractivity contribution < 1.29 is 18.3 Å². The van der Waals surface area contributed by atoms with E-state index in [0.717, 1.165) is 10.2 Å². The van der Waals surface area contributed by atoms with Crippen molar-refractivity contribution in [3.8, 4) is 11.5 Å². The van der Waals surface area contributed by atoms with Crippen molar-refractivity contribution in [3.05, 3.63) is 64.4 Å². The molecule has 0 spiro atoms. The lowest BCUT2D eigenvalue weighted by molar-refractivity contribution is 0.135. The maximum Gasteiger partial charge on any atom is 0.299 e. The summed E-state index contributed by atoms with van der Waals surface area (Å²) in [5.74, 6) is 0.740. The quantitative estimate of drug-likeness (QED) is 0.363. The molecule has 0 saturated heterocycles. The number of hydrogen-bond acceptors (Lipinski definition) is 6. The molecule has 0 amide bonds. The van der Waals surface area contributed by atoms with E-state index < -0.39 is 12.2 Å². The molecule has 3 rings (SSSR count). The summed E-state index contributed by atoms with van der Waals surface area (Å²) in [5.41, 5.74) is 1.44. The van der Waals surface area contributed by atoms with Crippen LogP contribution < -0.4 is 9.47 Å². The van der Waals surface area contributed by atoms with Crippen molar-refractivity contribution in [1.82, 2.24) is 14.9 Å². The molecule has 0 atom stereocenters. The zero-order chi connectivity index (χ0) is 20.8. The first-order chi connectivity index (χ1) is 14.0. The number of aromatic nitrogens is 3. The Morgan fingerprint density at radius 1 is 1.24 bits per heavy atom. The van der Waals surface area contributed by atoms with E-state index in [-0.39, 0.29) is 11.8 Å². The van der Waals surface area contributed by atoms with Gasteiger partial charge in [-0.05, 0) is 48.2 Å². The predicted octanol–water partition coefficient (Wildman–Crippen LogP) is 5.06. The second-order valence-electron chi connectivity index (χ2n) is 5.72. The number of hydrogen-bond donors (Lipinski definition) is 0. The van der Waals surface area contributed by atoms with Crippen molar-refractivity contribution in [1.29, 1.82) is 0 Å². The van der Waals surface area contributed by atoms with Gasteiger partial charge in [-0.1, -0.05) is 29.4 Å². The van der Waals surface area contributed by atoms with Gasteiger partial charge in [0.15, 0.2) is 0 Å². The molecule has 3 aromatic rings. The van der Waals surface area contributed by atoms with Gasteiger partial charge in [0.2, 0.25) is 11.0 Å². The Morgan fingerprint density at radius 2 is 2.07 bits per heavy atom. The lowest BCUT2D eigenvalue weighted by Gasteiger charge is -2.11. The highest BCUT2D eigenvalue weighted by molar-refractivity contribution is 7.98. The molecule has 29 heavy (non-hydrogen) atoms. The zero-order valence-corrected chi connectivity index (χ0v) is 17.1. The third-order valence-corrected chi connectivity index (χ3v) is 4.69. The van der Waals surface area contributed by atoms with Crippen LogP contribution in [0.25, 0.3) is 0 Å². The van der Waals surface area contributed by atoms with Gasteiger partial charge in [0.1, 0.15) is 18.1 Å². The number of methoxy groups -OCH3 is 1. The molecule has 1 aromatic heterocycles. The van der Waals surface area contributed by atoms with Crippen LogP contribution in [0, 0.1) is 0 Å². The maximum atomic E-state index is 13.1. The van der Waals surface area contributed by atoms with E-state index in [9.17, 15) is 8.78 Å². The summed E-state index contributed by atoms with van der Waals surface area (Å²) >= 11 is 7.15. The molecule has 0 fully saturated rings. The lowest BCUT2D eigenvalue weighted by atomic mass is 10.1. The highest BCUT2D eigenvalue weighted by Crippen LogP contribution is 2.24. The minimum absolute atomic E-state index is 0.232. The van der Waals surface area contributed by atoms with Crippen molar-refractivity contribution in [2.75, 3.05) is 13.4 Å². The Morgan fingerprint density at radius 3 is 2.76 bits per heavy atom. The van der Waals surface area contributed by atoms with Gasteiger partial charge in [-0.25, -0.2) is 8.78 Å². The Balaban J connectivity index is 1.83. The van der Waals surface area contributed by atoms with Gasteiger partial charge < -0.3 is 9.47 Å². The Kier molecular flexibility index (Phi) is 7.05. The molecule has 0 aliphatic rings. The van der Waals surface area contributed by atoms with E-state index in [2.05, 4.69) is 15.3 Å². The Labute approximate surface area is 175 Å². The third kappa shape index (κ3) is 5.24. The number of ether oxygens (including phenoxy) is 2. The predicted molar refractivity (Wildman–Crippen MR) is 109 cm³/mol. The molecular weight excluding hydrogens is 422 g/mol. The summed E-state index contributed by atoms with van der Waals surface area (Å²) in [4.78, 5) is 0. The molecule has 1 heterocycles. The smallest absolute Gasteiger partial charge is 0.299 e. The molecule has 0 radical (unpaired) electrons. The molecule has 0 bridgehead atoms. The van der Waals surface area contributed by atoms with E-state index in [1.807, 2.05) is 0 Å². The number of rotatable bonds is 8. The fraction of sp³-hybridized carbons (Fsp3) is 0.211. The zero-order valence-electron chi connectivity index (χ0n) is 15.6. The minimum atomic E-state index is -2.78. The standard InChI is InChI=1S/C19H17ClF2N4O2S/c1-27-16-7-6-12(8-13(16)11-28-15-5-3-4-14(20)9-15)10-23-26-18(17(21)22)24-25-19(26)29-2/h3-10,17H,11H2,1-2H3/b23-10+. The van der Waals surface area contributed by atoms with Gasteiger partial charge in [-0.3, -0.25) is 0 Å². The van der Waals surface area contributed by atoms with Crippen LogP contribution >= 0.6 is 23.4 Å². The normalized spacial score (nSPS) is 11.4. The van der Waals surface area contributed by atoms with Crippen LogP contribution in [0.15, 0.2) is 52.7 Å². The van der Waals surface area contributed by atoms with Crippen LogP contribution in [-0.2, 0) is 6.61 Å². The SMILES string of the molecule is COc1ccc(/C=N/n2c(SC)nnc2C(F)F)cc1COc1cccc(Cl)c1. The molecule has 10 heteroatoms. The van der Waals surface area contributed by atoms with Gasteiger partial charge in [0, 0.05) is 10.6 Å². The largest absolute Gasteiger partial charge is 0.496 e. The Bertz CT molecular complexity index is 1010. The highest BCUT2D eigenvalue weighted by atomic mass is 35.5. The van der Waals surface area contributed by atoms with E-state index in [0.29, 0.717) is 22.1 Å². The summed E-state index contributed by atoms with van der Waals surface area (Å²) in [6.45, 7) is 0.232. The van der Waals surface area contributed by atoms with E-state index in [1.165, 1.54) is 18.0 Å². The molecule has 6 nitrogen and oxygen atoms in total. The third-order valence-electron chi connectivity index (χ3n) is 3.83. The van der Waals surface area contributed by atoms with E-state index >= 15 is 0 Å². The van der Waals surface area contributed by atoms with Crippen LogP contribution in [0.3, 0.4) is 0 Å². The second kappa shape index (κ2) is 9.71. The first-order valence-corrected chi connectivity index (χ1v) is 9.99. The first-order valence-electron chi connectivity index (χ1n) is 8.39. The van der Waals surface area contributed by atoms with Crippen molar-refractivity contribution >= 4 is 29.6 Å². The van der Waals surface area contributed by atoms with Crippen LogP contribution in [0.4, 0.5) is 8.78 Å². The fourth-order valence-corrected chi connectivity index (χ4v) is 3.10. The molecular formula is C19H17ClF2N4O2S. The average Bonchev–Trinajstić information content (AvgIpc) is 3.14. The van der Waals surface area contributed by atoms with Gasteiger partial charge in [-0.15, -0.1) is 10.2 Å². The molecule has 2 aromatic carbocycles. The van der Waals surface area contributed by atoms with Gasteiger partial charge >= 0.3 is 0 Å². The summed E-state index contributed by atoms with van der Waals surface area (Å²) in [6.07, 6.45) is 0.388. The van der Waals surface area contributed by atoms with Crippen LogP contribution in [0.1, 0.15) is 23.4 Å². The summed E-state index contributed by atoms with van der Waals surface area (Å²) in [5, 5.41) is 12.2. The van der Waals surface area contributed by atoms with Crippen LogP contribution in [0.5, 0.6) is 11.5 Å². The van der Waals surface area contributed by atoms with Crippen molar-refractivity contribution in [2.24, 2.45) is 5.10 Å². The molecule has 152 valence electrons. The minimum Gasteiger partial charge on any atom is -0.496 e. The number of benzene rings is 2. The van der Waals surface area contributed by atoms with Gasteiger partial charge in [-0.2, -0.15) is 9.78 Å². The molecule has 0 saturated carbocycles. The summed E-state index contributed by atoms with van der Waals surface area (Å²) < 4.78 is 38.4. The topological polar surface area (TPSA) is 61.5 Å². The maximum absolute atomic E-state index is 13.1. The van der Waals surface area contributed by atoms with Gasteiger partial charge in [0.25, 0.3) is 6.43 Å². The fourth-order valence-electron chi connectivity index (χ4n) is 2.48. The second-order valence-corrected chi connectivity index (χ2v) is 6.93. The Hall–Kier alpha value is -2.65. The highest BCUT2D eigenvalue weighted by Gasteiger charge is 2.19. The molecule has 0 N–H and O–H groups in total. The lowest BCUT2D eigenvalue weighted by Crippen LogP contribution is -2.02.